The fraction of sp³-hybridized carbons (Fsp3) is 0.643. The van der Waals surface area contributed by atoms with Gasteiger partial charge in [-0.3, -0.25) is 9.69 Å². The van der Waals surface area contributed by atoms with E-state index in [2.05, 4.69) is 30.0 Å². The number of nitrogens with zero attached hydrogens (tertiary/aromatic N) is 3. The van der Waals surface area contributed by atoms with Crippen LogP contribution in [0, 0.1) is 0 Å². The first-order valence-corrected chi connectivity index (χ1v) is 6.60. The number of piperazine rings is 1. The summed E-state index contributed by atoms with van der Waals surface area (Å²) < 4.78 is 0. The molecule has 0 unspecified atom stereocenters. The third kappa shape index (κ3) is 2.29. The largest absolute Gasteiger partial charge is 0.378 e. The van der Waals surface area contributed by atoms with Crippen molar-refractivity contribution in [2.45, 2.75) is 18.4 Å². The van der Waals surface area contributed by atoms with Gasteiger partial charge in [0.05, 0.1) is 0 Å². The van der Waals surface area contributed by atoms with Crippen molar-refractivity contribution in [3.05, 3.63) is 25.4 Å². The van der Waals surface area contributed by atoms with E-state index in [4.69, 9.17) is 0 Å². The lowest BCUT2D eigenvalue weighted by Gasteiger charge is -2.52. The van der Waals surface area contributed by atoms with Crippen LogP contribution >= 0.6 is 0 Å². The SMILES string of the molecule is C=CC(=O)N1CCN(C)C2(CCN(C=C)CC2)C1. The Balaban J connectivity index is 2.07. The Morgan fingerprint density at radius 2 is 1.83 bits per heavy atom. The molecule has 2 saturated heterocycles. The molecule has 2 heterocycles. The molecule has 0 radical (unpaired) electrons. The number of likely N-dealkylation sites (N-methyl/N-ethyl adjacent to an activating group) is 1. The number of carbonyl (C=O) groups is 1. The molecule has 1 spiro atoms. The van der Waals surface area contributed by atoms with Crippen molar-refractivity contribution in [3.8, 4) is 0 Å². The van der Waals surface area contributed by atoms with Crippen LogP contribution < -0.4 is 0 Å². The van der Waals surface area contributed by atoms with Crippen molar-refractivity contribution in [3.63, 3.8) is 0 Å². The van der Waals surface area contributed by atoms with Gasteiger partial charge in [0, 0.05) is 38.3 Å². The van der Waals surface area contributed by atoms with E-state index in [1.807, 2.05) is 11.1 Å². The molecule has 2 aliphatic rings. The number of piperidine rings is 1. The highest BCUT2D eigenvalue weighted by Crippen LogP contribution is 2.31. The van der Waals surface area contributed by atoms with Gasteiger partial charge in [-0.25, -0.2) is 0 Å². The van der Waals surface area contributed by atoms with Crippen LogP contribution in [0.5, 0.6) is 0 Å². The number of amides is 1. The maximum atomic E-state index is 11.8. The molecule has 0 aromatic heterocycles. The third-order valence-corrected chi connectivity index (χ3v) is 4.47. The van der Waals surface area contributed by atoms with Crippen molar-refractivity contribution < 1.29 is 4.79 Å². The fourth-order valence-corrected chi connectivity index (χ4v) is 3.04. The second-order valence-electron chi connectivity index (χ2n) is 5.33. The van der Waals surface area contributed by atoms with Crippen molar-refractivity contribution in [1.82, 2.24) is 14.7 Å². The summed E-state index contributed by atoms with van der Waals surface area (Å²) in [5.41, 5.74) is 0.149. The van der Waals surface area contributed by atoms with Gasteiger partial charge in [0.2, 0.25) is 5.91 Å². The van der Waals surface area contributed by atoms with Gasteiger partial charge < -0.3 is 9.80 Å². The first-order valence-electron chi connectivity index (χ1n) is 6.60. The second-order valence-corrected chi connectivity index (χ2v) is 5.33. The van der Waals surface area contributed by atoms with E-state index < -0.39 is 0 Å². The molecule has 0 aliphatic carbocycles. The molecule has 18 heavy (non-hydrogen) atoms. The van der Waals surface area contributed by atoms with Crippen LogP contribution in [-0.2, 0) is 4.79 Å². The molecule has 2 rings (SSSR count). The quantitative estimate of drug-likeness (QED) is 0.681. The molecule has 0 atom stereocenters. The molecule has 4 heteroatoms. The number of likely N-dealkylation sites (tertiary alicyclic amines) is 1. The van der Waals surface area contributed by atoms with Crippen LogP contribution in [0.15, 0.2) is 25.4 Å². The Kier molecular flexibility index (Phi) is 3.76. The topological polar surface area (TPSA) is 26.8 Å². The number of carbonyl (C=O) groups excluding carboxylic acids is 1. The standard InChI is InChI=1S/C14H23N3O/c1-4-13(18)17-11-10-15(3)14(12-17)6-8-16(5-2)9-7-14/h4-5H,1-2,6-12H2,3H3. The Morgan fingerprint density at radius 1 is 1.17 bits per heavy atom. The zero-order chi connectivity index (χ0) is 13.2. The molecule has 2 aliphatic heterocycles. The van der Waals surface area contributed by atoms with E-state index in [9.17, 15) is 4.79 Å². The first kappa shape index (κ1) is 13.1. The van der Waals surface area contributed by atoms with Crippen LogP contribution in [-0.4, -0.2) is 65.9 Å². The molecule has 2 fully saturated rings. The average molecular weight is 249 g/mol. The maximum absolute atomic E-state index is 11.8. The number of rotatable bonds is 2. The van der Waals surface area contributed by atoms with Crippen LogP contribution in [0.3, 0.4) is 0 Å². The number of hydrogen-bond acceptors (Lipinski definition) is 3. The van der Waals surface area contributed by atoms with Crippen molar-refractivity contribution in [1.29, 1.82) is 0 Å². The third-order valence-electron chi connectivity index (χ3n) is 4.47. The molecule has 100 valence electrons. The highest BCUT2D eigenvalue weighted by Gasteiger charge is 2.42. The van der Waals surface area contributed by atoms with Gasteiger partial charge in [-0.15, -0.1) is 0 Å². The Morgan fingerprint density at radius 3 is 2.39 bits per heavy atom. The zero-order valence-electron chi connectivity index (χ0n) is 11.3. The van der Waals surface area contributed by atoms with Crippen molar-refractivity contribution >= 4 is 5.91 Å². The molecule has 1 amide bonds. The number of hydrogen-bond donors (Lipinski definition) is 0. The van der Waals surface area contributed by atoms with Gasteiger partial charge in [0.25, 0.3) is 0 Å². The Hall–Kier alpha value is -1.29. The van der Waals surface area contributed by atoms with E-state index in [0.29, 0.717) is 0 Å². The highest BCUT2D eigenvalue weighted by atomic mass is 16.2. The van der Waals surface area contributed by atoms with Crippen molar-refractivity contribution in [2.75, 3.05) is 39.8 Å². The lowest BCUT2D eigenvalue weighted by molar-refractivity contribution is -0.132. The Labute approximate surface area is 110 Å². The molecule has 0 saturated carbocycles. The second kappa shape index (κ2) is 5.14. The lowest BCUT2D eigenvalue weighted by atomic mass is 9.84. The zero-order valence-corrected chi connectivity index (χ0v) is 11.3. The highest BCUT2D eigenvalue weighted by molar-refractivity contribution is 5.87. The molecule has 0 bridgehead atoms. The fourth-order valence-electron chi connectivity index (χ4n) is 3.04. The Bertz CT molecular complexity index is 345. The van der Waals surface area contributed by atoms with Crippen molar-refractivity contribution in [2.24, 2.45) is 0 Å². The summed E-state index contributed by atoms with van der Waals surface area (Å²) in [6.07, 6.45) is 5.53. The molecule has 4 nitrogen and oxygen atoms in total. The first-order chi connectivity index (χ1) is 8.61. The summed E-state index contributed by atoms with van der Waals surface area (Å²) in [5.74, 6) is 0.0635. The minimum absolute atomic E-state index is 0.0635. The predicted octanol–water partition coefficient (Wildman–Crippen LogP) is 0.924. The lowest BCUT2D eigenvalue weighted by Crippen LogP contribution is -2.64. The van der Waals surface area contributed by atoms with E-state index in [-0.39, 0.29) is 11.4 Å². The summed E-state index contributed by atoms with van der Waals surface area (Å²) >= 11 is 0. The normalized spacial score (nSPS) is 24.1. The van der Waals surface area contributed by atoms with Gasteiger partial charge in [-0.1, -0.05) is 13.2 Å². The summed E-state index contributed by atoms with van der Waals surface area (Å²) in [6, 6.07) is 0. The van der Waals surface area contributed by atoms with E-state index in [1.54, 1.807) is 0 Å². The monoisotopic (exact) mass is 249 g/mol. The summed E-state index contributed by atoms with van der Waals surface area (Å²) in [7, 11) is 2.18. The molecular weight excluding hydrogens is 226 g/mol. The smallest absolute Gasteiger partial charge is 0.246 e. The minimum atomic E-state index is 0.0635. The van der Waals surface area contributed by atoms with Gasteiger partial charge >= 0.3 is 0 Å². The average Bonchev–Trinajstić information content (AvgIpc) is 2.42. The molecule has 0 aromatic carbocycles. The minimum Gasteiger partial charge on any atom is -0.378 e. The molecule has 0 N–H and O–H groups in total. The van der Waals surface area contributed by atoms with Gasteiger partial charge in [-0.05, 0) is 32.2 Å². The van der Waals surface area contributed by atoms with E-state index in [1.165, 1.54) is 6.08 Å². The van der Waals surface area contributed by atoms with Crippen LogP contribution in [0.1, 0.15) is 12.8 Å². The van der Waals surface area contributed by atoms with Gasteiger partial charge in [-0.2, -0.15) is 0 Å². The van der Waals surface area contributed by atoms with Gasteiger partial charge in [0.15, 0.2) is 0 Å². The molecule has 0 aromatic rings. The van der Waals surface area contributed by atoms with E-state index >= 15 is 0 Å². The van der Waals surface area contributed by atoms with E-state index in [0.717, 1.165) is 45.6 Å². The maximum Gasteiger partial charge on any atom is 0.246 e. The van der Waals surface area contributed by atoms with Gasteiger partial charge in [0.1, 0.15) is 0 Å². The summed E-state index contributed by atoms with van der Waals surface area (Å²) in [4.78, 5) is 18.4. The summed E-state index contributed by atoms with van der Waals surface area (Å²) in [6.45, 7) is 12.1. The van der Waals surface area contributed by atoms with Crippen LogP contribution in [0.2, 0.25) is 0 Å². The van der Waals surface area contributed by atoms with Crippen LogP contribution in [0.4, 0.5) is 0 Å². The predicted molar refractivity (Wildman–Crippen MR) is 73.1 cm³/mol. The van der Waals surface area contributed by atoms with Crippen LogP contribution in [0.25, 0.3) is 0 Å². The summed E-state index contributed by atoms with van der Waals surface area (Å²) in [5, 5.41) is 0. The molecular formula is C14H23N3O.